The maximum absolute atomic E-state index is 12.4. The first-order valence-corrected chi connectivity index (χ1v) is 8.80. The van der Waals surface area contributed by atoms with Gasteiger partial charge in [-0.05, 0) is 63.2 Å². The monoisotopic (exact) mass is 308 g/mol. The van der Waals surface area contributed by atoms with Crippen molar-refractivity contribution in [2.45, 2.75) is 81.9 Å². The molecule has 0 aromatic rings. The van der Waals surface area contributed by atoms with Gasteiger partial charge in [0, 0.05) is 0 Å². The van der Waals surface area contributed by atoms with Gasteiger partial charge < -0.3 is 9.47 Å². The molecule has 6 aliphatic rings. The summed E-state index contributed by atoms with van der Waals surface area (Å²) in [7, 11) is 0. The third kappa shape index (κ3) is 2.21. The van der Waals surface area contributed by atoms with E-state index in [0.717, 1.165) is 37.0 Å². The van der Waals surface area contributed by atoms with Gasteiger partial charge in [-0.2, -0.15) is 0 Å². The average molecular weight is 308 g/mol. The van der Waals surface area contributed by atoms with Gasteiger partial charge in [-0.1, -0.05) is 0 Å². The van der Waals surface area contributed by atoms with Gasteiger partial charge in [0.2, 0.25) is 0 Å². The Balaban J connectivity index is 1.22. The van der Waals surface area contributed by atoms with Crippen molar-refractivity contribution in [3.63, 3.8) is 0 Å². The van der Waals surface area contributed by atoms with E-state index in [4.69, 9.17) is 19.2 Å². The van der Waals surface area contributed by atoms with Crippen molar-refractivity contribution < 1.29 is 24.0 Å². The molecule has 0 aromatic carbocycles. The fraction of sp³-hybridized carbons (Fsp3) is 0.941. The Bertz CT molecular complexity index is 454. The molecule has 0 amide bonds. The van der Waals surface area contributed by atoms with E-state index in [1.165, 1.54) is 19.3 Å². The molecule has 5 heteroatoms. The van der Waals surface area contributed by atoms with Crippen LogP contribution in [0.1, 0.15) is 51.9 Å². The minimum absolute atomic E-state index is 0.00710. The van der Waals surface area contributed by atoms with Crippen molar-refractivity contribution in [2.75, 3.05) is 0 Å². The van der Waals surface area contributed by atoms with E-state index in [1.54, 1.807) is 0 Å². The smallest absolute Gasteiger partial charge is 0.309 e. The van der Waals surface area contributed by atoms with Crippen LogP contribution in [0.4, 0.5) is 0 Å². The molecule has 4 bridgehead atoms. The molecular weight excluding hydrogens is 284 g/mol. The number of carbonyl (C=O) groups is 1. The third-order valence-electron chi connectivity index (χ3n) is 6.40. The van der Waals surface area contributed by atoms with Gasteiger partial charge in [0.15, 0.2) is 0 Å². The Morgan fingerprint density at radius 2 is 1.68 bits per heavy atom. The van der Waals surface area contributed by atoms with Crippen molar-refractivity contribution in [3.05, 3.63) is 0 Å². The van der Waals surface area contributed by atoms with Gasteiger partial charge in [-0.15, -0.1) is 0 Å². The topological polar surface area (TPSA) is 57.3 Å². The Morgan fingerprint density at radius 3 is 2.32 bits per heavy atom. The molecule has 0 unspecified atom stereocenters. The summed E-state index contributed by atoms with van der Waals surface area (Å²) in [5, 5.41) is 0. The quantitative estimate of drug-likeness (QED) is 0.455. The number of hydrogen-bond acceptors (Lipinski definition) is 5. The zero-order valence-electron chi connectivity index (χ0n) is 13.0. The molecule has 6 rings (SSSR count). The van der Waals surface area contributed by atoms with Gasteiger partial charge in [0.1, 0.15) is 30.0 Å². The van der Waals surface area contributed by atoms with Gasteiger partial charge in [-0.3, -0.25) is 4.79 Å². The predicted octanol–water partition coefficient (Wildman–Crippen LogP) is 2.37. The molecule has 0 radical (unpaired) electrons. The average Bonchev–Trinajstić information content (AvgIpc) is 3.21. The lowest BCUT2D eigenvalue weighted by Crippen LogP contribution is -2.53. The third-order valence-corrected chi connectivity index (χ3v) is 6.40. The second-order valence-electron chi connectivity index (χ2n) is 8.28. The first kappa shape index (κ1) is 13.8. The number of fused-ring (bicyclic) bond motifs is 1. The van der Waals surface area contributed by atoms with Crippen molar-refractivity contribution in [1.82, 2.24) is 0 Å². The molecule has 2 heterocycles. The molecule has 5 nitrogen and oxygen atoms in total. The van der Waals surface area contributed by atoms with Gasteiger partial charge in [0.25, 0.3) is 0 Å². The maximum atomic E-state index is 12.4. The highest BCUT2D eigenvalue weighted by Crippen LogP contribution is 2.57. The summed E-state index contributed by atoms with van der Waals surface area (Å²) in [6.45, 7) is 1.93. The molecule has 2 saturated heterocycles. The van der Waals surface area contributed by atoms with Gasteiger partial charge in [0.05, 0.1) is 6.42 Å². The number of rotatable bonds is 3. The highest BCUT2D eigenvalue weighted by atomic mass is 17.2. The summed E-state index contributed by atoms with van der Waals surface area (Å²) in [6.07, 6.45) is 7.28. The van der Waals surface area contributed by atoms with E-state index in [0.29, 0.717) is 0 Å². The maximum Gasteiger partial charge on any atom is 0.309 e. The molecular formula is C17H24O5. The normalized spacial score (nSPS) is 54.9. The molecule has 4 aliphatic carbocycles. The molecule has 4 atom stereocenters. The van der Waals surface area contributed by atoms with Gasteiger partial charge >= 0.3 is 5.97 Å². The van der Waals surface area contributed by atoms with Crippen molar-refractivity contribution in [3.8, 4) is 0 Å². The van der Waals surface area contributed by atoms with Crippen LogP contribution in [0.2, 0.25) is 0 Å². The predicted molar refractivity (Wildman–Crippen MR) is 75.7 cm³/mol. The van der Waals surface area contributed by atoms with E-state index >= 15 is 0 Å². The molecule has 0 aromatic heterocycles. The van der Waals surface area contributed by atoms with Crippen LogP contribution in [-0.4, -0.2) is 36.0 Å². The minimum Gasteiger partial charge on any atom is -0.459 e. The fourth-order valence-electron chi connectivity index (χ4n) is 5.84. The lowest BCUT2D eigenvalue weighted by atomic mass is 9.54. The number of hydrogen-bond donors (Lipinski definition) is 0. The number of esters is 1. The Labute approximate surface area is 130 Å². The summed E-state index contributed by atoms with van der Waals surface area (Å²) in [5.74, 6) is 2.21. The van der Waals surface area contributed by atoms with E-state index in [-0.39, 0.29) is 42.4 Å². The Morgan fingerprint density at radius 1 is 1.05 bits per heavy atom. The molecule has 2 aliphatic heterocycles. The second kappa shape index (κ2) is 4.68. The molecule has 0 N–H and O–H groups in total. The lowest BCUT2D eigenvalue weighted by molar-refractivity contribution is -0.361. The summed E-state index contributed by atoms with van der Waals surface area (Å²) in [5.41, 5.74) is -0.168. The van der Waals surface area contributed by atoms with E-state index in [9.17, 15) is 4.79 Å². The highest BCUT2D eigenvalue weighted by molar-refractivity contribution is 5.71. The largest absolute Gasteiger partial charge is 0.459 e. The first-order chi connectivity index (χ1) is 10.6. The van der Waals surface area contributed by atoms with Gasteiger partial charge in [-0.25, -0.2) is 9.78 Å². The van der Waals surface area contributed by atoms with Crippen LogP contribution in [-0.2, 0) is 24.0 Å². The van der Waals surface area contributed by atoms with E-state index < -0.39 is 0 Å². The van der Waals surface area contributed by atoms with Crippen molar-refractivity contribution in [1.29, 1.82) is 0 Å². The fourth-order valence-corrected chi connectivity index (χ4v) is 5.84. The van der Waals surface area contributed by atoms with Crippen molar-refractivity contribution >= 4 is 5.97 Å². The van der Waals surface area contributed by atoms with Crippen LogP contribution in [0.15, 0.2) is 0 Å². The molecule has 0 spiro atoms. The lowest BCUT2D eigenvalue weighted by Gasteiger charge is -2.55. The van der Waals surface area contributed by atoms with Crippen LogP contribution in [0.3, 0.4) is 0 Å². The SMILES string of the molecule is C[C@@H]1OO[C@H](CC(=O)OC23CC4CC(CC(C4)C2)C3)[C@@H]2O[C@@H]21. The second-order valence-corrected chi connectivity index (χ2v) is 8.28. The summed E-state index contributed by atoms with van der Waals surface area (Å²) < 4.78 is 11.6. The van der Waals surface area contributed by atoms with Crippen molar-refractivity contribution in [2.24, 2.45) is 17.8 Å². The number of epoxide rings is 1. The standard InChI is InChI=1S/C17H24O5/c1-9-15-16(19-15)13(22-21-9)5-14(18)20-17-6-10-2-11(7-17)4-12(3-10)8-17/h9-13,15-16H,2-8H2,1H3/t9-,10?,11?,12?,13+,15+,16-,17?/m0/s1. The minimum atomic E-state index is -0.303. The zero-order chi connectivity index (χ0) is 14.9. The van der Waals surface area contributed by atoms with Crippen LogP contribution in [0.5, 0.6) is 0 Å². The van der Waals surface area contributed by atoms with E-state index in [1.807, 2.05) is 6.92 Å². The zero-order valence-corrected chi connectivity index (χ0v) is 13.0. The van der Waals surface area contributed by atoms with Crippen LogP contribution < -0.4 is 0 Å². The molecule has 6 fully saturated rings. The molecule has 4 saturated carbocycles. The molecule has 122 valence electrons. The van der Waals surface area contributed by atoms with Crippen LogP contribution >= 0.6 is 0 Å². The van der Waals surface area contributed by atoms with Crippen LogP contribution in [0, 0.1) is 17.8 Å². The summed E-state index contributed by atoms with van der Waals surface area (Å²) in [4.78, 5) is 22.9. The summed E-state index contributed by atoms with van der Waals surface area (Å²) >= 11 is 0. The Hall–Kier alpha value is -0.650. The Kier molecular flexibility index (Phi) is 2.93. The number of ether oxygens (including phenoxy) is 2. The highest BCUT2D eigenvalue weighted by Gasteiger charge is 2.56. The van der Waals surface area contributed by atoms with Crippen LogP contribution in [0.25, 0.3) is 0 Å². The van der Waals surface area contributed by atoms with E-state index in [2.05, 4.69) is 0 Å². The summed E-state index contributed by atoms with van der Waals surface area (Å²) in [6, 6.07) is 0. The number of carbonyl (C=O) groups excluding carboxylic acids is 1. The molecule has 22 heavy (non-hydrogen) atoms. The first-order valence-electron chi connectivity index (χ1n) is 8.80.